The summed E-state index contributed by atoms with van der Waals surface area (Å²) in [6.45, 7) is 0.952. The van der Waals surface area contributed by atoms with Crippen LogP contribution < -0.4 is 0 Å². The molecule has 108 valence electrons. The highest BCUT2D eigenvalue weighted by atomic mass is 35.5. The minimum absolute atomic E-state index is 0.295. The molecule has 3 heteroatoms. The number of nitrogens with zero attached hydrogens (tertiary/aromatic N) is 1. The highest BCUT2D eigenvalue weighted by Crippen LogP contribution is 2.35. The molecule has 0 N–H and O–H groups in total. The van der Waals surface area contributed by atoms with E-state index in [4.69, 9.17) is 11.6 Å². The maximum atomic E-state index is 12.6. The van der Waals surface area contributed by atoms with Crippen LogP contribution in [-0.4, -0.2) is 23.4 Å². The topological polar surface area (TPSA) is 20.3 Å². The monoisotopic (exact) mass is 291 g/mol. The van der Waals surface area contributed by atoms with Crippen molar-refractivity contribution in [2.75, 3.05) is 6.54 Å². The molecule has 1 heterocycles. The molecule has 2 unspecified atom stereocenters. The molecule has 20 heavy (non-hydrogen) atoms. The highest BCUT2D eigenvalue weighted by Gasteiger charge is 2.35. The van der Waals surface area contributed by atoms with E-state index in [-0.39, 0.29) is 0 Å². The van der Waals surface area contributed by atoms with Crippen LogP contribution in [0.2, 0.25) is 5.02 Å². The van der Waals surface area contributed by atoms with Crippen molar-refractivity contribution >= 4 is 17.5 Å². The number of fused-ring (bicyclic) bond motifs is 1. The fraction of sp³-hybridized carbons (Fsp3) is 0.588. The van der Waals surface area contributed by atoms with Crippen molar-refractivity contribution in [2.24, 2.45) is 5.92 Å². The Morgan fingerprint density at radius 3 is 2.60 bits per heavy atom. The first kappa shape index (κ1) is 13.9. The molecule has 3 rings (SSSR count). The van der Waals surface area contributed by atoms with Crippen molar-refractivity contribution in [1.82, 2.24) is 4.90 Å². The second-order valence-electron chi connectivity index (χ2n) is 6.14. The van der Waals surface area contributed by atoms with Crippen molar-refractivity contribution in [3.8, 4) is 0 Å². The van der Waals surface area contributed by atoms with Crippen LogP contribution in [0.3, 0.4) is 0 Å². The molecule has 0 aromatic heterocycles. The predicted molar refractivity (Wildman–Crippen MR) is 81.8 cm³/mol. The van der Waals surface area contributed by atoms with Crippen molar-refractivity contribution in [3.05, 3.63) is 34.9 Å². The van der Waals surface area contributed by atoms with Crippen LogP contribution in [0, 0.1) is 5.92 Å². The van der Waals surface area contributed by atoms with Gasteiger partial charge < -0.3 is 4.90 Å². The molecular weight excluding hydrogens is 270 g/mol. The molecular formula is C17H22ClNO. The van der Waals surface area contributed by atoms with Crippen LogP contribution in [0.5, 0.6) is 0 Å². The number of benzene rings is 1. The summed E-state index contributed by atoms with van der Waals surface area (Å²) in [5, 5.41) is 0.728. The lowest BCUT2D eigenvalue weighted by atomic mass is 9.78. The van der Waals surface area contributed by atoms with Crippen LogP contribution in [0.1, 0.15) is 44.1 Å². The minimum atomic E-state index is 0.295. The SMILES string of the molecule is O=C(Cc1ccc(Cl)cc1)N1CCCC2CCCCC21. The fourth-order valence-electron chi connectivity index (χ4n) is 3.81. The van der Waals surface area contributed by atoms with E-state index in [0.29, 0.717) is 18.4 Å². The molecule has 1 saturated carbocycles. The first-order chi connectivity index (χ1) is 9.74. The Labute approximate surface area is 126 Å². The van der Waals surface area contributed by atoms with Gasteiger partial charge in [0.25, 0.3) is 0 Å². The third-order valence-electron chi connectivity index (χ3n) is 4.83. The summed E-state index contributed by atoms with van der Waals surface area (Å²) < 4.78 is 0. The summed E-state index contributed by atoms with van der Waals surface area (Å²) in [6.07, 6.45) is 8.15. The quantitative estimate of drug-likeness (QED) is 0.804. The van der Waals surface area contributed by atoms with E-state index in [9.17, 15) is 4.79 Å². The van der Waals surface area contributed by atoms with Gasteiger partial charge in [-0.1, -0.05) is 36.6 Å². The molecule has 2 nitrogen and oxygen atoms in total. The Bertz CT molecular complexity index is 468. The molecule has 0 spiro atoms. The number of carbonyl (C=O) groups excluding carboxylic acids is 1. The highest BCUT2D eigenvalue weighted by molar-refractivity contribution is 6.30. The van der Waals surface area contributed by atoms with E-state index < -0.39 is 0 Å². The van der Waals surface area contributed by atoms with E-state index in [2.05, 4.69) is 4.90 Å². The van der Waals surface area contributed by atoms with Crippen molar-refractivity contribution in [2.45, 2.75) is 51.0 Å². The molecule has 0 radical (unpaired) electrons. The van der Waals surface area contributed by atoms with Gasteiger partial charge >= 0.3 is 0 Å². The molecule has 2 aliphatic rings. The van der Waals surface area contributed by atoms with E-state index in [1.165, 1.54) is 38.5 Å². The van der Waals surface area contributed by atoms with E-state index in [1.807, 2.05) is 24.3 Å². The molecule has 1 aromatic rings. The van der Waals surface area contributed by atoms with Crippen molar-refractivity contribution in [3.63, 3.8) is 0 Å². The summed E-state index contributed by atoms with van der Waals surface area (Å²) >= 11 is 5.89. The maximum absolute atomic E-state index is 12.6. The average Bonchev–Trinajstić information content (AvgIpc) is 2.49. The van der Waals surface area contributed by atoms with Gasteiger partial charge in [-0.25, -0.2) is 0 Å². The van der Waals surface area contributed by atoms with E-state index >= 15 is 0 Å². The molecule has 1 aliphatic carbocycles. The molecule has 1 amide bonds. The number of carbonyl (C=O) groups is 1. The first-order valence-corrected chi connectivity index (χ1v) is 8.16. The van der Waals surface area contributed by atoms with Crippen molar-refractivity contribution in [1.29, 1.82) is 0 Å². The number of halogens is 1. The largest absolute Gasteiger partial charge is 0.339 e. The van der Waals surface area contributed by atoms with Gasteiger partial charge in [-0.3, -0.25) is 4.79 Å². The second-order valence-corrected chi connectivity index (χ2v) is 6.58. The Morgan fingerprint density at radius 1 is 1.10 bits per heavy atom. The van der Waals surface area contributed by atoms with Gasteiger partial charge in [-0.15, -0.1) is 0 Å². The lowest BCUT2D eigenvalue weighted by molar-refractivity contribution is -0.136. The second kappa shape index (κ2) is 6.17. The number of rotatable bonds is 2. The smallest absolute Gasteiger partial charge is 0.227 e. The third-order valence-corrected chi connectivity index (χ3v) is 5.08. The normalized spacial score (nSPS) is 26.1. The molecule has 2 atom stereocenters. The van der Waals surface area contributed by atoms with Crippen LogP contribution in [-0.2, 0) is 11.2 Å². The van der Waals surface area contributed by atoms with Crippen molar-refractivity contribution < 1.29 is 4.79 Å². The number of hydrogen-bond donors (Lipinski definition) is 0. The van der Waals surface area contributed by atoms with Crippen LogP contribution in [0.15, 0.2) is 24.3 Å². The Balaban J connectivity index is 1.67. The third kappa shape index (κ3) is 3.01. The molecule has 1 aliphatic heterocycles. The molecule has 2 fully saturated rings. The fourth-order valence-corrected chi connectivity index (χ4v) is 3.94. The standard InChI is InChI=1S/C17H22ClNO/c18-15-9-7-13(8-10-15)12-17(20)19-11-3-5-14-4-1-2-6-16(14)19/h7-10,14,16H,1-6,11-12H2. The number of likely N-dealkylation sites (tertiary alicyclic amines) is 1. The zero-order valence-electron chi connectivity index (χ0n) is 11.9. The van der Waals surface area contributed by atoms with Gasteiger partial charge in [0.05, 0.1) is 6.42 Å². The zero-order valence-corrected chi connectivity index (χ0v) is 12.6. The first-order valence-electron chi connectivity index (χ1n) is 7.78. The summed E-state index contributed by atoms with van der Waals surface area (Å²) in [5.41, 5.74) is 1.07. The lowest BCUT2D eigenvalue weighted by Gasteiger charge is -2.44. The van der Waals surface area contributed by atoms with Gasteiger partial charge in [0.15, 0.2) is 0 Å². The number of hydrogen-bond acceptors (Lipinski definition) is 1. The van der Waals surface area contributed by atoms with E-state index in [0.717, 1.165) is 23.0 Å². The van der Waals surface area contributed by atoms with Crippen LogP contribution in [0.4, 0.5) is 0 Å². The maximum Gasteiger partial charge on any atom is 0.227 e. The molecule has 1 aromatic carbocycles. The number of amides is 1. The average molecular weight is 292 g/mol. The van der Waals surface area contributed by atoms with E-state index in [1.54, 1.807) is 0 Å². The van der Waals surface area contributed by atoms with Gasteiger partial charge in [0.1, 0.15) is 0 Å². The van der Waals surface area contributed by atoms with Gasteiger partial charge in [0, 0.05) is 17.6 Å². The predicted octanol–water partition coefficient (Wildman–Crippen LogP) is 4.06. The Morgan fingerprint density at radius 2 is 1.80 bits per heavy atom. The minimum Gasteiger partial charge on any atom is -0.339 e. The number of piperidine rings is 1. The summed E-state index contributed by atoms with van der Waals surface area (Å²) in [7, 11) is 0. The summed E-state index contributed by atoms with van der Waals surface area (Å²) in [4.78, 5) is 14.8. The summed E-state index contributed by atoms with van der Waals surface area (Å²) in [6, 6.07) is 8.16. The van der Waals surface area contributed by atoms with Crippen LogP contribution >= 0.6 is 11.6 Å². The van der Waals surface area contributed by atoms with Gasteiger partial charge in [-0.05, 0) is 49.3 Å². The van der Waals surface area contributed by atoms with Crippen LogP contribution in [0.25, 0.3) is 0 Å². The molecule has 1 saturated heterocycles. The van der Waals surface area contributed by atoms with Gasteiger partial charge in [-0.2, -0.15) is 0 Å². The Kier molecular flexibility index (Phi) is 4.30. The lowest BCUT2D eigenvalue weighted by Crippen LogP contribution is -2.50. The van der Waals surface area contributed by atoms with Gasteiger partial charge in [0.2, 0.25) is 5.91 Å². The molecule has 0 bridgehead atoms. The Hall–Kier alpha value is -1.02. The zero-order chi connectivity index (χ0) is 13.9. The summed E-state index contributed by atoms with van der Waals surface area (Å²) in [5.74, 6) is 1.05.